The number of methoxy groups -OCH3 is 2. The number of nitrogen functional groups attached to an aromatic ring is 1. The smallest absolute Gasteiger partial charge is 0.329 e. The first-order valence-corrected chi connectivity index (χ1v) is 11.1. The fraction of sp³-hybridized carbons (Fsp3) is 0.560. The van der Waals surface area contributed by atoms with Crippen molar-refractivity contribution in [2.24, 2.45) is 5.73 Å². The van der Waals surface area contributed by atoms with Gasteiger partial charge in [-0.3, -0.25) is 9.59 Å². The Hall–Kier alpha value is -3.43. The van der Waals surface area contributed by atoms with Gasteiger partial charge in [-0.1, -0.05) is 0 Å². The van der Waals surface area contributed by atoms with Crippen LogP contribution in [-0.4, -0.2) is 61.3 Å². The van der Waals surface area contributed by atoms with Crippen LogP contribution in [0.2, 0.25) is 0 Å². The van der Waals surface area contributed by atoms with Gasteiger partial charge in [0.15, 0.2) is 11.5 Å². The number of primary amides is 1. The van der Waals surface area contributed by atoms with Crippen LogP contribution in [0.3, 0.4) is 0 Å². The van der Waals surface area contributed by atoms with Gasteiger partial charge in [-0.05, 0) is 54.5 Å². The van der Waals surface area contributed by atoms with Crippen molar-refractivity contribution in [3.05, 3.63) is 23.3 Å². The van der Waals surface area contributed by atoms with E-state index in [0.717, 1.165) is 0 Å². The molecule has 1 aromatic rings. The second-order valence-corrected chi connectivity index (χ2v) is 10.1. The van der Waals surface area contributed by atoms with Gasteiger partial charge in [-0.15, -0.1) is 0 Å². The third-order valence-electron chi connectivity index (χ3n) is 4.81. The van der Waals surface area contributed by atoms with Crippen LogP contribution in [0.25, 0.3) is 5.70 Å². The Kier molecular flexibility index (Phi) is 9.58. The fourth-order valence-electron chi connectivity index (χ4n) is 3.32. The first-order chi connectivity index (χ1) is 15.9. The van der Waals surface area contributed by atoms with Gasteiger partial charge in [-0.25, -0.2) is 4.79 Å². The Morgan fingerprint density at radius 3 is 1.86 bits per heavy atom. The topological polar surface area (TPSA) is 143 Å². The maximum absolute atomic E-state index is 13.3. The second-order valence-electron chi connectivity index (χ2n) is 10.1. The quantitative estimate of drug-likeness (QED) is 0.301. The van der Waals surface area contributed by atoms with Gasteiger partial charge in [0.1, 0.15) is 17.2 Å². The lowest BCUT2D eigenvalue weighted by Gasteiger charge is -2.34. The molecule has 0 fully saturated rings. The molecule has 0 heterocycles. The van der Waals surface area contributed by atoms with Gasteiger partial charge in [0.05, 0.1) is 26.3 Å². The molecule has 0 aliphatic rings. The van der Waals surface area contributed by atoms with Crippen molar-refractivity contribution in [1.29, 1.82) is 0 Å². The highest BCUT2D eigenvalue weighted by molar-refractivity contribution is 6.01. The van der Waals surface area contributed by atoms with Crippen molar-refractivity contribution in [2.75, 3.05) is 27.0 Å². The van der Waals surface area contributed by atoms with Crippen molar-refractivity contribution < 1.29 is 33.3 Å². The minimum absolute atomic E-state index is 0.115. The molecule has 0 radical (unpaired) electrons. The van der Waals surface area contributed by atoms with Crippen LogP contribution < -0.4 is 20.9 Å². The molecule has 0 aromatic heterocycles. The standard InChI is InChI=1S/C25H39N3O7/c1-14(22(27)30)21(15-11-18(32-9)19(33-10)12-16(15)26)28(8)17(23(31)35-25(5,6)7)13-20(29)34-24(2,3)4/h11-12,17H,13,26H2,1-10H3,(H2,27,30)/t17-/m1/s1. The molecule has 1 rings (SSSR count). The monoisotopic (exact) mass is 493 g/mol. The largest absolute Gasteiger partial charge is 0.493 e. The molecule has 4 N–H and O–H groups in total. The summed E-state index contributed by atoms with van der Waals surface area (Å²) in [6.45, 7) is 11.8. The summed E-state index contributed by atoms with van der Waals surface area (Å²) >= 11 is 0. The number of rotatable bonds is 9. The van der Waals surface area contributed by atoms with E-state index in [2.05, 4.69) is 0 Å². The Morgan fingerprint density at radius 2 is 1.43 bits per heavy atom. The summed E-state index contributed by atoms with van der Waals surface area (Å²) in [6.07, 6.45) is -0.342. The molecule has 0 bridgehead atoms. The number of anilines is 1. The summed E-state index contributed by atoms with van der Waals surface area (Å²) in [5, 5.41) is 0. The van der Waals surface area contributed by atoms with Crippen molar-refractivity contribution in [1.82, 2.24) is 4.90 Å². The average molecular weight is 494 g/mol. The van der Waals surface area contributed by atoms with Crippen LogP contribution in [0.15, 0.2) is 17.7 Å². The molecule has 0 aliphatic carbocycles. The van der Waals surface area contributed by atoms with E-state index < -0.39 is 35.1 Å². The summed E-state index contributed by atoms with van der Waals surface area (Å²) in [6, 6.07) is 1.96. The van der Waals surface area contributed by atoms with Crippen molar-refractivity contribution >= 4 is 29.2 Å². The number of hydrogen-bond donors (Lipinski definition) is 2. The molecule has 1 aromatic carbocycles. The molecule has 0 aliphatic heterocycles. The third-order valence-corrected chi connectivity index (χ3v) is 4.81. The van der Waals surface area contributed by atoms with Gasteiger partial charge in [0, 0.05) is 29.9 Å². The number of carbonyl (C=O) groups is 3. The molecular formula is C25H39N3O7. The molecule has 1 atom stereocenters. The zero-order valence-electron chi connectivity index (χ0n) is 22.4. The highest BCUT2D eigenvalue weighted by Crippen LogP contribution is 2.38. The van der Waals surface area contributed by atoms with Crippen LogP contribution in [-0.2, 0) is 23.9 Å². The number of carbonyl (C=O) groups excluding carboxylic acids is 3. The Labute approximate surface area is 207 Å². The van der Waals surface area contributed by atoms with Crippen molar-refractivity contribution in [3.63, 3.8) is 0 Å². The molecular weight excluding hydrogens is 454 g/mol. The second kappa shape index (κ2) is 11.3. The van der Waals surface area contributed by atoms with E-state index in [1.54, 1.807) is 54.7 Å². The predicted molar refractivity (Wildman–Crippen MR) is 134 cm³/mol. The van der Waals surface area contributed by atoms with E-state index in [9.17, 15) is 14.4 Å². The van der Waals surface area contributed by atoms with Crippen LogP contribution in [0.4, 0.5) is 5.69 Å². The Bertz CT molecular complexity index is 988. The van der Waals surface area contributed by atoms with E-state index in [1.807, 2.05) is 0 Å². The van der Waals surface area contributed by atoms with Crippen LogP contribution in [0.1, 0.15) is 60.5 Å². The van der Waals surface area contributed by atoms with Gasteiger partial charge in [-0.2, -0.15) is 0 Å². The molecule has 0 spiro atoms. The molecule has 1 amide bonds. The summed E-state index contributed by atoms with van der Waals surface area (Å²) in [5.74, 6) is -1.30. The van der Waals surface area contributed by atoms with Gasteiger partial charge in [0.2, 0.25) is 5.91 Å². The lowest BCUT2D eigenvalue weighted by molar-refractivity contribution is -0.167. The SMILES string of the molecule is COc1cc(N)c(C(=C(C)C(N)=O)N(C)[C@H](CC(=O)OC(C)(C)C)C(=O)OC(C)(C)C)cc1OC. The first kappa shape index (κ1) is 29.6. The van der Waals surface area contributed by atoms with E-state index in [1.165, 1.54) is 32.1 Å². The van der Waals surface area contributed by atoms with E-state index in [0.29, 0.717) is 17.1 Å². The summed E-state index contributed by atoms with van der Waals surface area (Å²) < 4.78 is 21.7. The lowest BCUT2D eigenvalue weighted by atomic mass is 10.00. The maximum Gasteiger partial charge on any atom is 0.329 e. The fourth-order valence-corrected chi connectivity index (χ4v) is 3.32. The summed E-state index contributed by atoms with van der Waals surface area (Å²) in [7, 11) is 4.47. The van der Waals surface area contributed by atoms with Gasteiger partial charge < -0.3 is 35.3 Å². The number of ether oxygens (including phenoxy) is 4. The number of nitrogens with zero attached hydrogens (tertiary/aromatic N) is 1. The minimum Gasteiger partial charge on any atom is -0.493 e. The van der Waals surface area contributed by atoms with E-state index in [-0.39, 0.29) is 23.4 Å². The molecule has 10 heteroatoms. The molecule has 0 saturated carbocycles. The van der Waals surface area contributed by atoms with Gasteiger partial charge in [0.25, 0.3) is 0 Å². The van der Waals surface area contributed by atoms with E-state index in [4.69, 9.17) is 30.4 Å². The number of esters is 2. The number of hydrogen-bond acceptors (Lipinski definition) is 9. The van der Waals surface area contributed by atoms with Crippen LogP contribution >= 0.6 is 0 Å². The highest BCUT2D eigenvalue weighted by atomic mass is 16.6. The molecule has 35 heavy (non-hydrogen) atoms. The third kappa shape index (κ3) is 8.38. The average Bonchev–Trinajstić information content (AvgIpc) is 2.69. The Balaban J connectivity index is 3.73. The minimum atomic E-state index is -1.15. The first-order valence-electron chi connectivity index (χ1n) is 11.1. The molecule has 0 saturated heterocycles. The number of likely N-dealkylation sites (N-methyl/N-ethyl adjacent to an activating group) is 1. The lowest BCUT2D eigenvalue weighted by Crippen LogP contribution is -2.44. The van der Waals surface area contributed by atoms with Crippen molar-refractivity contribution in [2.45, 2.75) is 72.1 Å². The Morgan fingerprint density at radius 1 is 0.943 bits per heavy atom. The predicted octanol–water partition coefficient (Wildman–Crippen LogP) is 2.88. The number of benzene rings is 1. The molecule has 10 nitrogen and oxygen atoms in total. The number of nitrogens with two attached hydrogens (primary N) is 2. The van der Waals surface area contributed by atoms with Crippen LogP contribution in [0.5, 0.6) is 11.5 Å². The normalized spacial score (nSPS) is 13.3. The summed E-state index contributed by atoms with van der Waals surface area (Å²) in [4.78, 5) is 39.7. The molecule has 0 unspecified atom stereocenters. The summed E-state index contributed by atoms with van der Waals surface area (Å²) in [5.41, 5.74) is 11.3. The maximum atomic E-state index is 13.3. The number of amides is 1. The van der Waals surface area contributed by atoms with Gasteiger partial charge >= 0.3 is 11.9 Å². The zero-order chi connectivity index (χ0) is 27.3. The molecule has 196 valence electrons. The van der Waals surface area contributed by atoms with Crippen LogP contribution in [0, 0.1) is 0 Å². The zero-order valence-corrected chi connectivity index (χ0v) is 22.4. The van der Waals surface area contributed by atoms with E-state index >= 15 is 0 Å². The highest BCUT2D eigenvalue weighted by Gasteiger charge is 2.35. The van der Waals surface area contributed by atoms with Crippen molar-refractivity contribution in [3.8, 4) is 11.5 Å².